The van der Waals surface area contributed by atoms with Gasteiger partial charge in [-0.15, -0.1) is 0 Å². The smallest absolute Gasteiger partial charge is 0.264 e. The SMILES string of the molecule is C=C1CCC(N2C(=O)c3cccc(NCc4cnn(CC5CCN(C)CC5)c4)c3C2=O)C(=O)N1. The molecule has 1 aromatic heterocycles. The number of hydrogen-bond donors (Lipinski definition) is 2. The highest BCUT2D eigenvalue weighted by molar-refractivity contribution is 6.25. The van der Waals surface area contributed by atoms with Crippen molar-refractivity contribution in [1.29, 1.82) is 0 Å². The predicted molar refractivity (Wildman–Crippen MR) is 127 cm³/mol. The molecule has 2 aromatic rings. The Morgan fingerprint density at radius 3 is 2.71 bits per heavy atom. The van der Waals surface area contributed by atoms with Crippen LogP contribution in [-0.2, 0) is 17.9 Å². The van der Waals surface area contributed by atoms with Gasteiger partial charge in [0.25, 0.3) is 11.8 Å². The van der Waals surface area contributed by atoms with E-state index >= 15 is 0 Å². The number of likely N-dealkylation sites (tertiary alicyclic amines) is 1. The summed E-state index contributed by atoms with van der Waals surface area (Å²) in [7, 11) is 2.16. The molecule has 0 bridgehead atoms. The molecule has 0 spiro atoms. The largest absolute Gasteiger partial charge is 0.380 e. The third-order valence-corrected chi connectivity index (χ3v) is 7.03. The molecule has 178 valence electrons. The molecule has 1 aromatic carbocycles. The number of anilines is 1. The molecule has 1 unspecified atom stereocenters. The lowest BCUT2D eigenvalue weighted by atomic mass is 9.97. The summed E-state index contributed by atoms with van der Waals surface area (Å²) in [4.78, 5) is 42.2. The first kappa shape index (κ1) is 22.3. The summed E-state index contributed by atoms with van der Waals surface area (Å²) in [5.41, 5.74) is 2.84. The van der Waals surface area contributed by atoms with Gasteiger partial charge in [0.2, 0.25) is 5.91 Å². The lowest BCUT2D eigenvalue weighted by Crippen LogP contribution is -2.51. The monoisotopic (exact) mass is 462 g/mol. The first-order valence-electron chi connectivity index (χ1n) is 11.8. The first-order chi connectivity index (χ1) is 16.4. The van der Waals surface area contributed by atoms with E-state index in [1.54, 1.807) is 18.2 Å². The number of carbonyl (C=O) groups is 3. The van der Waals surface area contributed by atoms with Crippen LogP contribution in [0.4, 0.5) is 5.69 Å². The highest BCUT2D eigenvalue weighted by Crippen LogP contribution is 2.33. The quantitative estimate of drug-likeness (QED) is 0.639. The zero-order valence-electron chi connectivity index (χ0n) is 19.4. The van der Waals surface area contributed by atoms with E-state index in [2.05, 4.69) is 34.3 Å². The van der Waals surface area contributed by atoms with Crippen LogP contribution in [0.2, 0.25) is 0 Å². The number of aromatic nitrogens is 2. The normalized spacial score (nSPS) is 21.7. The van der Waals surface area contributed by atoms with Crippen LogP contribution in [0, 0.1) is 5.92 Å². The Labute approximate surface area is 198 Å². The van der Waals surface area contributed by atoms with Gasteiger partial charge in [-0.2, -0.15) is 5.10 Å². The van der Waals surface area contributed by atoms with E-state index in [1.807, 2.05) is 17.1 Å². The average molecular weight is 463 g/mol. The fourth-order valence-electron chi connectivity index (χ4n) is 5.05. The third-order valence-electron chi connectivity index (χ3n) is 7.03. The molecule has 4 heterocycles. The van der Waals surface area contributed by atoms with Gasteiger partial charge in [-0.1, -0.05) is 12.6 Å². The van der Waals surface area contributed by atoms with E-state index in [0.29, 0.717) is 47.8 Å². The van der Waals surface area contributed by atoms with Crippen molar-refractivity contribution in [2.24, 2.45) is 5.92 Å². The maximum atomic E-state index is 13.3. The van der Waals surface area contributed by atoms with Crippen molar-refractivity contribution in [3.05, 3.63) is 59.6 Å². The van der Waals surface area contributed by atoms with Gasteiger partial charge in [-0.05, 0) is 63.9 Å². The minimum absolute atomic E-state index is 0.323. The minimum Gasteiger partial charge on any atom is -0.380 e. The van der Waals surface area contributed by atoms with Crippen LogP contribution in [0.25, 0.3) is 0 Å². The number of imide groups is 1. The van der Waals surface area contributed by atoms with Gasteiger partial charge in [0, 0.05) is 36.2 Å². The van der Waals surface area contributed by atoms with Crippen molar-refractivity contribution < 1.29 is 14.4 Å². The van der Waals surface area contributed by atoms with Crippen LogP contribution in [0.3, 0.4) is 0 Å². The van der Waals surface area contributed by atoms with E-state index < -0.39 is 17.9 Å². The molecule has 3 amide bonds. The maximum absolute atomic E-state index is 13.3. The van der Waals surface area contributed by atoms with E-state index in [0.717, 1.165) is 30.1 Å². The van der Waals surface area contributed by atoms with Crippen molar-refractivity contribution in [2.75, 3.05) is 25.5 Å². The Balaban J connectivity index is 1.27. The second-order valence-corrected chi connectivity index (χ2v) is 9.53. The number of fused-ring (bicyclic) bond motifs is 1. The molecule has 9 nitrogen and oxygen atoms in total. The van der Waals surface area contributed by atoms with E-state index in [9.17, 15) is 14.4 Å². The summed E-state index contributed by atoms with van der Waals surface area (Å²) in [5, 5.41) is 10.5. The van der Waals surface area contributed by atoms with Crippen LogP contribution >= 0.6 is 0 Å². The second-order valence-electron chi connectivity index (χ2n) is 9.53. The zero-order chi connectivity index (χ0) is 23.8. The minimum atomic E-state index is -0.816. The highest BCUT2D eigenvalue weighted by atomic mass is 16.2. The van der Waals surface area contributed by atoms with Gasteiger partial charge in [0.1, 0.15) is 6.04 Å². The van der Waals surface area contributed by atoms with Gasteiger partial charge < -0.3 is 15.5 Å². The van der Waals surface area contributed by atoms with Crippen molar-refractivity contribution >= 4 is 23.4 Å². The lowest BCUT2D eigenvalue weighted by Gasteiger charge is -2.29. The summed E-state index contributed by atoms with van der Waals surface area (Å²) < 4.78 is 1.99. The third kappa shape index (κ3) is 4.23. The summed E-state index contributed by atoms with van der Waals surface area (Å²) in [6.45, 7) is 7.41. The molecule has 3 aliphatic heterocycles. The Morgan fingerprint density at radius 2 is 1.94 bits per heavy atom. The number of nitrogens with one attached hydrogen (secondary N) is 2. The van der Waals surface area contributed by atoms with E-state index in [1.165, 1.54) is 12.8 Å². The van der Waals surface area contributed by atoms with Gasteiger partial charge in [0.15, 0.2) is 0 Å². The molecule has 34 heavy (non-hydrogen) atoms. The first-order valence-corrected chi connectivity index (χ1v) is 11.8. The van der Waals surface area contributed by atoms with Crippen molar-refractivity contribution in [2.45, 2.75) is 44.8 Å². The van der Waals surface area contributed by atoms with Crippen molar-refractivity contribution in [3.63, 3.8) is 0 Å². The molecule has 1 atom stereocenters. The number of carbonyl (C=O) groups excluding carboxylic acids is 3. The molecule has 0 aliphatic carbocycles. The number of nitrogens with zero attached hydrogens (tertiary/aromatic N) is 4. The second kappa shape index (κ2) is 9.06. The Hall–Kier alpha value is -3.46. The highest BCUT2D eigenvalue weighted by Gasteiger charge is 2.45. The summed E-state index contributed by atoms with van der Waals surface area (Å²) in [6, 6.07) is 4.37. The zero-order valence-corrected chi connectivity index (χ0v) is 19.4. The van der Waals surface area contributed by atoms with Gasteiger partial charge in [-0.3, -0.25) is 24.0 Å². The van der Waals surface area contributed by atoms with Gasteiger partial charge in [0.05, 0.1) is 17.3 Å². The molecular weight excluding hydrogens is 432 g/mol. The summed E-state index contributed by atoms with van der Waals surface area (Å²) in [5.74, 6) is -0.591. The molecule has 2 saturated heterocycles. The molecule has 2 N–H and O–H groups in total. The fraction of sp³-hybridized carbons (Fsp3) is 0.440. The average Bonchev–Trinajstić information content (AvgIpc) is 3.37. The van der Waals surface area contributed by atoms with E-state index in [4.69, 9.17) is 0 Å². The molecule has 2 fully saturated rings. The lowest BCUT2D eigenvalue weighted by molar-refractivity contribution is -0.125. The van der Waals surface area contributed by atoms with Crippen LogP contribution in [0.1, 0.15) is 52.0 Å². The van der Waals surface area contributed by atoms with Gasteiger partial charge >= 0.3 is 0 Å². The standard InChI is InChI=1S/C25H30N6O3/c1-16-6-7-21(23(32)28-16)31-24(33)19-4-3-5-20(22(19)25(31)34)26-12-18-13-27-30(15-18)14-17-8-10-29(2)11-9-17/h3-5,13,15,17,21,26H,1,6-12,14H2,2H3,(H,28,32). The van der Waals surface area contributed by atoms with Crippen LogP contribution in [0.15, 0.2) is 42.9 Å². The number of benzene rings is 1. The molecular formula is C25H30N6O3. The molecule has 5 rings (SSSR count). The maximum Gasteiger partial charge on any atom is 0.264 e. The molecule has 9 heteroatoms. The fourth-order valence-corrected chi connectivity index (χ4v) is 5.05. The Kier molecular flexibility index (Phi) is 5.95. The number of amides is 3. The molecule has 3 aliphatic rings. The van der Waals surface area contributed by atoms with Crippen LogP contribution in [0.5, 0.6) is 0 Å². The molecule has 0 saturated carbocycles. The van der Waals surface area contributed by atoms with Crippen molar-refractivity contribution in [3.8, 4) is 0 Å². The van der Waals surface area contributed by atoms with Crippen LogP contribution in [-0.4, -0.2) is 63.5 Å². The number of hydrogen-bond acceptors (Lipinski definition) is 6. The van der Waals surface area contributed by atoms with Gasteiger partial charge in [-0.25, -0.2) is 0 Å². The Morgan fingerprint density at radius 1 is 1.15 bits per heavy atom. The number of rotatable bonds is 6. The van der Waals surface area contributed by atoms with E-state index in [-0.39, 0.29) is 5.91 Å². The number of piperidine rings is 2. The summed E-state index contributed by atoms with van der Waals surface area (Å²) >= 11 is 0. The van der Waals surface area contributed by atoms with Crippen molar-refractivity contribution in [1.82, 2.24) is 24.9 Å². The number of allylic oxidation sites excluding steroid dienone is 1. The predicted octanol–water partition coefficient (Wildman–Crippen LogP) is 2.23. The molecule has 0 radical (unpaired) electrons. The van der Waals surface area contributed by atoms with Crippen LogP contribution < -0.4 is 10.6 Å². The summed E-state index contributed by atoms with van der Waals surface area (Å²) in [6.07, 6.45) is 7.15. The Bertz CT molecular complexity index is 1150. The topological polar surface area (TPSA) is 99.6 Å².